The fourth-order valence-electron chi connectivity index (χ4n) is 3.84. The van der Waals surface area contributed by atoms with Crippen molar-refractivity contribution in [1.29, 1.82) is 0 Å². The first-order valence-corrected chi connectivity index (χ1v) is 6.69. The molecule has 0 nitrogen and oxygen atoms in total. The smallest absolute Gasteiger partial charge is 0.0578 e. The van der Waals surface area contributed by atoms with Crippen molar-refractivity contribution < 1.29 is 0 Å². The van der Waals surface area contributed by atoms with E-state index >= 15 is 0 Å². The van der Waals surface area contributed by atoms with Crippen molar-refractivity contribution in [2.45, 2.75) is 11.2 Å². The molecule has 0 radical (unpaired) electrons. The minimum Gasteiger partial charge on any atom is -0.0845 e. The van der Waals surface area contributed by atoms with E-state index in [-0.39, 0.29) is 0 Å². The molecule has 0 N–H and O–H groups in total. The molecule has 1 fully saturated rings. The summed E-state index contributed by atoms with van der Waals surface area (Å²) in [6.07, 6.45) is 15.6. The van der Waals surface area contributed by atoms with Gasteiger partial charge in [-0.2, -0.15) is 0 Å². The van der Waals surface area contributed by atoms with Crippen LogP contribution in [0.15, 0.2) is 47.6 Å². The van der Waals surface area contributed by atoms with Crippen LogP contribution >= 0.6 is 15.9 Å². The van der Waals surface area contributed by atoms with E-state index in [0.717, 1.165) is 23.7 Å². The number of halogens is 1. The highest BCUT2D eigenvalue weighted by atomic mass is 79.9. The molecular weight excluding hydrogens is 248 g/mol. The normalized spacial score (nSPS) is 49.0. The molecular formula is C14H13Br. The Balaban J connectivity index is 1.84. The number of alkyl halides is 1. The van der Waals surface area contributed by atoms with Gasteiger partial charge in [-0.25, -0.2) is 0 Å². The van der Waals surface area contributed by atoms with Crippen molar-refractivity contribution in [2.24, 2.45) is 23.7 Å². The van der Waals surface area contributed by atoms with E-state index < -0.39 is 0 Å². The molecule has 5 unspecified atom stereocenters. The summed E-state index contributed by atoms with van der Waals surface area (Å²) in [7, 11) is 0. The minimum absolute atomic E-state index is 0.461. The third-order valence-corrected chi connectivity index (χ3v) is 5.24. The van der Waals surface area contributed by atoms with Crippen molar-refractivity contribution in [2.75, 3.05) is 0 Å². The molecule has 1 saturated carbocycles. The van der Waals surface area contributed by atoms with Gasteiger partial charge in [-0.3, -0.25) is 0 Å². The molecule has 4 rings (SSSR count). The highest BCUT2D eigenvalue weighted by Crippen LogP contribution is 2.58. The van der Waals surface area contributed by atoms with Crippen LogP contribution < -0.4 is 0 Å². The van der Waals surface area contributed by atoms with Gasteiger partial charge in [0.1, 0.15) is 0 Å². The van der Waals surface area contributed by atoms with E-state index in [9.17, 15) is 0 Å². The number of fused-ring (bicyclic) bond motifs is 7. The predicted octanol–water partition coefficient (Wildman–Crippen LogP) is 3.62. The van der Waals surface area contributed by atoms with Crippen LogP contribution in [0.5, 0.6) is 0 Å². The van der Waals surface area contributed by atoms with Crippen molar-refractivity contribution in [3.63, 3.8) is 0 Å². The molecule has 15 heavy (non-hydrogen) atoms. The molecule has 1 heteroatoms. The molecule has 0 heterocycles. The third kappa shape index (κ3) is 0.977. The topological polar surface area (TPSA) is 0 Å². The standard InChI is InChI=1S/C14H13Br/c15-13-3-1-2-10-12(13)7-11-8-4-5-9(6-8)14(10)11/h1-5,7-9,11,13-14H,6H2. The molecule has 0 spiro atoms. The lowest BCUT2D eigenvalue weighted by Crippen LogP contribution is -2.16. The maximum atomic E-state index is 3.75. The minimum atomic E-state index is 0.461. The summed E-state index contributed by atoms with van der Waals surface area (Å²) in [6, 6.07) is 0. The van der Waals surface area contributed by atoms with Crippen LogP contribution in [-0.2, 0) is 0 Å². The number of hydrogen-bond donors (Lipinski definition) is 0. The Morgan fingerprint density at radius 2 is 1.93 bits per heavy atom. The molecule has 0 aromatic heterocycles. The van der Waals surface area contributed by atoms with Gasteiger partial charge >= 0.3 is 0 Å². The van der Waals surface area contributed by atoms with Gasteiger partial charge < -0.3 is 0 Å². The van der Waals surface area contributed by atoms with Crippen LogP contribution in [0.3, 0.4) is 0 Å². The van der Waals surface area contributed by atoms with Gasteiger partial charge in [-0.1, -0.05) is 52.4 Å². The molecule has 2 bridgehead atoms. The Hall–Kier alpha value is -0.560. The van der Waals surface area contributed by atoms with Crippen molar-refractivity contribution >= 4 is 15.9 Å². The van der Waals surface area contributed by atoms with Crippen molar-refractivity contribution in [3.8, 4) is 0 Å². The van der Waals surface area contributed by atoms with E-state index in [2.05, 4.69) is 52.4 Å². The zero-order chi connectivity index (χ0) is 9.99. The first-order chi connectivity index (χ1) is 7.34. The summed E-state index contributed by atoms with van der Waals surface area (Å²) in [5.74, 6) is 3.27. The molecule has 0 aromatic carbocycles. The molecule has 0 aromatic rings. The van der Waals surface area contributed by atoms with E-state index in [0.29, 0.717) is 4.83 Å². The van der Waals surface area contributed by atoms with Gasteiger partial charge in [-0.05, 0) is 41.2 Å². The Bertz CT molecular complexity index is 438. The summed E-state index contributed by atoms with van der Waals surface area (Å²) >= 11 is 3.75. The van der Waals surface area contributed by atoms with Crippen LogP contribution in [-0.4, -0.2) is 4.83 Å². The van der Waals surface area contributed by atoms with Crippen molar-refractivity contribution in [1.82, 2.24) is 0 Å². The molecule has 0 amide bonds. The first-order valence-electron chi connectivity index (χ1n) is 5.77. The fraction of sp³-hybridized carbons (Fsp3) is 0.429. The van der Waals surface area contributed by atoms with Gasteiger partial charge in [0.05, 0.1) is 4.83 Å². The third-order valence-electron chi connectivity index (χ3n) is 4.44. The van der Waals surface area contributed by atoms with E-state index in [1.165, 1.54) is 6.42 Å². The van der Waals surface area contributed by atoms with E-state index in [1.54, 1.807) is 11.1 Å². The summed E-state index contributed by atoms with van der Waals surface area (Å²) in [6.45, 7) is 0. The lowest BCUT2D eigenvalue weighted by Gasteiger charge is -2.23. The number of rotatable bonds is 0. The summed E-state index contributed by atoms with van der Waals surface area (Å²) in [5.41, 5.74) is 3.16. The highest BCUT2D eigenvalue weighted by Gasteiger charge is 2.49. The van der Waals surface area contributed by atoms with Crippen molar-refractivity contribution in [3.05, 3.63) is 47.6 Å². The molecule has 0 aliphatic heterocycles. The molecule has 5 atom stereocenters. The summed E-state index contributed by atoms with van der Waals surface area (Å²) in [4.78, 5) is 0.461. The summed E-state index contributed by atoms with van der Waals surface area (Å²) in [5, 5.41) is 0. The predicted molar refractivity (Wildman–Crippen MR) is 65.7 cm³/mol. The maximum absolute atomic E-state index is 3.75. The van der Waals surface area contributed by atoms with E-state index in [4.69, 9.17) is 0 Å². The largest absolute Gasteiger partial charge is 0.0845 e. The second-order valence-electron chi connectivity index (χ2n) is 5.08. The van der Waals surface area contributed by atoms with Gasteiger partial charge in [0.2, 0.25) is 0 Å². The van der Waals surface area contributed by atoms with Crippen LogP contribution in [0.2, 0.25) is 0 Å². The number of allylic oxidation sites excluding steroid dienone is 8. The first kappa shape index (κ1) is 8.58. The zero-order valence-corrected chi connectivity index (χ0v) is 10.0. The van der Waals surface area contributed by atoms with Gasteiger partial charge in [0.15, 0.2) is 0 Å². The van der Waals surface area contributed by atoms with Crippen LogP contribution in [0.1, 0.15) is 6.42 Å². The zero-order valence-electron chi connectivity index (χ0n) is 8.44. The monoisotopic (exact) mass is 260 g/mol. The molecule has 4 aliphatic carbocycles. The van der Waals surface area contributed by atoms with E-state index in [1.807, 2.05) is 0 Å². The van der Waals surface area contributed by atoms with Gasteiger partial charge in [0, 0.05) is 0 Å². The average Bonchev–Trinajstić information content (AvgIpc) is 2.87. The maximum Gasteiger partial charge on any atom is 0.0578 e. The quantitative estimate of drug-likeness (QED) is 0.461. The Morgan fingerprint density at radius 1 is 1.07 bits per heavy atom. The second-order valence-corrected chi connectivity index (χ2v) is 6.07. The average molecular weight is 261 g/mol. The SMILES string of the molecule is BrC1C=CC=C2C1=CC1C3C=CC(C3)C21. The lowest BCUT2D eigenvalue weighted by atomic mass is 9.81. The molecule has 76 valence electrons. The van der Waals surface area contributed by atoms with Crippen LogP contribution in [0.25, 0.3) is 0 Å². The van der Waals surface area contributed by atoms with Gasteiger partial charge in [-0.15, -0.1) is 0 Å². The Kier molecular flexibility index (Phi) is 1.58. The Morgan fingerprint density at radius 3 is 2.87 bits per heavy atom. The fourth-order valence-corrected chi connectivity index (χ4v) is 4.43. The van der Waals surface area contributed by atoms with Gasteiger partial charge in [0.25, 0.3) is 0 Å². The lowest BCUT2D eigenvalue weighted by molar-refractivity contribution is 0.451. The second kappa shape index (κ2) is 2.76. The van der Waals surface area contributed by atoms with Crippen LogP contribution in [0.4, 0.5) is 0 Å². The Labute approximate surface area is 98.6 Å². The van der Waals surface area contributed by atoms with Crippen LogP contribution in [0, 0.1) is 23.7 Å². The highest BCUT2D eigenvalue weighted by molar-refractivity contribution is 9.09. The number of hydrogen-bond acceptors (Lipinski definition) is 0. The molecule has 4 aliphatic rings. The summed E-state index contributed by atoms with van der Waals surface area (Å²) < 4.78 is 0. The molecule has 0 saturated heterocycles.